The zero-order valence-electron chi connectivity index (χ0n) is 19.3. The van der Waals surface area contributed by atoms with E-state index in [1.807, 2.05) is 42.5 Å². The summed E-state index contributed by atoms with van der Waals surface area (Å²) in [6.07, 6.45) is 3.77. The number of benzene rings is 2. The number of pyridine rings is 1. The fourth-order valence-electron chi connectivity index (χ4n) is 3.80. The van der Waals surface area contributed by atoms with Gasteiger partial charge < -0.3 is 19.5 Å². The maximum Gasteiger partial charge on any atom is 0.415 e. The van der Waals surface area contributed by atoms with Gasteiger partial charge in [0.1, 0.15) is 17.6 Å². The third kappa shape index (κ3) is 7.75. The number of carbonyl (C=O) groups excluding carboxylic acids is 1. The van der Waals surface area contributed by atoms with Crippen LogP contribution in [0.5, 0.6) is 11.5 Å². The van der Waals surface area contributed by atoms with Crippen molar-refractivity contribution in [2.24, 2.45) is 0 Å². The number of aliphatic carboxylic acids is 1. The molecule has 1 fully saturated rings. The molecule has 7 nitrogen and oxygen atoms in total. The number of hydrogen-bond acceptors (Lipinski definition) is 6. The first-order chi connectivity index (χ1) is 17.0. The summed E-state index contributed by atoms with van der Waals surface area (Å²) in [6, 6.07) is 20.7. The molecule has 1 aliphatic heterocycles. The molecule has 1 saturated heterocycles. The minimum absolute atomic E-state index is 0.00541. The lowest BCUT2D eigenvalue weighted by molar-refractivity contribution is -0.136. The topological polar surface area (TPSA) is 89.0 Å². The standard InChI is InChI=1S/C27H28N2O5S/c30-26(31)19-21-6-10-22(11-7-21)33-24-12-16-29(17-13-24)27(32)34-23-8-4-20(5-9-23)14-18-35-25-3-1-2-15-28-25/h1-11,15,24H,12-14,16-19H2,(H,30,31). The molecule has 1 amide bonds. The van der Waals surface area contributed by atoms with Crippen LogP contribution in [0.3, 0.4) is 0 Å². The van der Waals surface area contributed by atoms with Crippen molar-refractivity contribution in [3.63, 3.8) is 0 Å². The van der Waals surface area contributed by atoms with Crippen LogP contribution in [0.4, 0.5) is 4.79 Å². The second-order valence-electron chi connectivity index (χ2n) is 8.30. The molecule has 1 N–H and O–H groups in total. The first-order valence-corrected chi connectivity index (χ1v) is 12.6. The van der Waals surface area contributed by atoms with Crippen LogP contribution in [-0.4, -0.2) is 52.0 Å². The summed E-state index contributed by atoms with van der Waals surface area (Å²) >= 11 is 1.72. The normalized spacial score (nSPS) is 13.9. The molecule has 0 saturated carbocycles. The first-order valence-electron chi connectivity index (χ1n) is 11.6. The third-order valence-electron chi connectivity index (χ3n) is 5.69. The lowest BCUT2D eigenvalue weighted by atomic mass is 10.1. The quantitative estimate of drug-likeness (QED) is 0.417. The minimum Gasteiger partial charge on any atom is -0.490 e. The molecule has 4 rings (SSSR count). The Morgan fingerprint density at radius 3 is 2.29 bits per heavy atom. The van der Waals surface area contributed by atoms with E-state index in [1.54, 1.807) is 47.1 Å². The lowest BCUT2D eigenvalue weighted by Crippen LogP contribution is -2.43. The SMILES string of the molecule is O=C(O)Cc1ccc(OC2CCN(C(=O)Oc3ccc(CCSc4ccccn4)cc3)CC2)cc1. The first kappa shape index (κ1) is 24.6. The number of piperidine rings is 1. The van der Waals surface area contributed by atoms with Crippen molar-refractivity contribution in [2.45, 2.75) is 36.8 Å². The van der Waals surface area contributed by atoms with Gasteiger partial charge in [0.25, 0.3) is 0 Å². The van der Waals surface area contributed by atoms with Crippen LogP contribution in [0.2, 0.25) is 0 Å². The molecule has 2 heterocycles. The number of likely N-dealkylation sites (tertiary alicyclic amines) is 1. The summed E-state index contributed by atoms with van der Waals surface area (Å²) in [5.74, 6) is 1.32. The number of nitrogens with zero attached hydrogens (tertiary/aromatic N) is 2. The van der Waals surface area contributed by atoms with Crippen molar-refractivity contribution in [1.82, 2.24) is 9.88 Å². The molecule has 2 aromatic carbocycles. The molecule has 182 valence electrons. The van der Waals surface area contributed by atoms with Gasteiger partial charge in [-0.1, -0.05) is 30.3 Å². The minimum atomic E-state index is -0.857. The zero-order valence-corrected chi connectivity index (χ0v) is 20.2. The highest BCUT2D eigenvalue weighted by Gasteiger charge is 2.25. The number of carboxylic acids is 1. The Balaban J connectivity index is 1.17. The molecule has 3 aromatic rings. The zero-order chi connectivity index (χ0) is 24.5. The molecular formula is C27H28N2O5S. The highest BCUT2D eigenvalue weighted by molar-refractivity contribution is 7.99. The summed E-state index contributed by atoms with van der Waals surface area (Å²) in [4.78, 5) is 29.4. The predicted octanol–water partition coefficient (Wildman–Crippen LogP) is 5.09. The fraction of sp³-hybridized carbons (Fsp3) is 0.296. The molecular weight excluding hydrogens is 464 g/mol. The monoisotopic (exact) mass is 492 g/mol. The molecule has 1 aliphatic rings. The second kappa shape index (κ2) is 12.3. The van der Waals surface area contributed by atoms with Gasteiger partial charge >= 0.3 is 12.1 Å². The van der Waals surface area contributed by atoms with Crippen LogP contribution in [0.15, 0.2) is 78.0 Å². The van der Waals surface area contributed by atoms with E-state index in [0.717, 1.165) is 22.8 Å². The molecule has 8 heteroatoms. The van der Waals surface area contributed by atoms with Crippen molar-refractivity contribution >= 4 is 23.8 Å². The van der Waals surface area contributed by atoms with Gasteiger partial charge in [-0.05, 0) is 53.9 Å². The van der Waals surface area contributed by atoms with Crippen LogP contribution in [0, 0.1) is 0 Å². The van der Waals surface area contributed by atoms with E-state index in [4.69, 9.17) is 14.6 Å². The van der Waals surface area contributed by atoms with Gasteiger partial charge in [-0.2, -0.15) is 0 Å². The van der Waals surface area contributed by atoms with E-state index in [0.29, 0.717) is 37.4 Å². The van der Waals surface area contributed by atoms with Crippen molar-refractivity contribution in [3.8, 4) is 11.5 Å². The van der Waals surface area contributed by atoms with E-state index in [-0.39, 0.29) is 18.6 Å². The summed E-state index contributed by atoms with van der Waals surface area (Å²) < 4.78 is 11.6. The van der Waals surface area contributed by atoms with E-state index >= 15 is 0 Å². The van der Waals surface area contributed by atoms with E-state index in [1.165, 1.54) is 5.56 Å². The third-order valence-corrected chi connectivity index (χ3v) is 6.63. The van der Waals surface area contributed by atoms with Crippen molar-refractivity contribution in [1.29, 1.82) is 0 Å². The van der Waals surface area contributed by atoms with Crippen LogP contribution >= 0.6 is 11.8 Å². The van der Waals surface area contributed by atoms with Gasteiger partial charge in [-0.15, -0.1) is 11.8 Å². The fourth-order valence-corrected chi connectivity index (χ4v) is 4.66. The maximum absolute atomic E-state index is 12.6. The molecule has 0 atom stereocenters. The molecule has 0 unspecified atom stereocenters. The average Bonchev–Trinajstić information content (AvgIpc) is 2.87. The number of carboxylic acid groups (broad SMARTS) is 1. The molecule has 0 radical (unpaired) electrons. The van der Waals surface area contributed by atoms with Gasteiger partial charge in [0.2, 0.25) is 0 Å². The number of thioether (sulfide) groups is 1. The number of amides is 1. The Kier molecular flexibility index (Phi) is 8.62. The Labute approximate surface area is 209 Å². The molecule has 0 aliphatic carbocycles. The summed E-state index contributed by atoms with van der Waals surface area (Å²) in [7, 11) is 0. The van der Waals surface area contributed by atoms with Gasteiger partial charge in [-0.3, -0.25) is 4.79 Å². The Hall–Kier alpha value is -3.52. The van der Waals surface area contributed by atoms with Gasteiger partial charge in [-0.25, -0.2) is 9.78 Å². The summed E-state index contributed by atoms with van der Waals surface area (Å²) in [5.41, 5.74) is 1.92. The number of hydrogen-bond donors (Lipinski definition) is 1. The lowest BCUT2D eigenvalue weighted by Gasteiger charge is -2.31. The summed E-state index contributed by atoms with van der Waals surface area (Å²) in [6.45, 7) is 1.12. The Bertz CT molecular complexity index is 1100. The van der Waals surface area contributed by atoms with Gasteiger partial charge in [0, 0.05) is 37.9 Å². The smallest absolute Gasteiger partial charge is 0.415 e. The maximum atomic E-state index is 12.6. The Morgan fingerprint density at radius 2 is 1.63 bits per heavy atom. The van der Waals surface area contributed by atoms with Crippen LogP contribution in [-0.2, 0) is 17.6 Å². The number of ether oxygens (including phenoxy) is 2. The van der Waals surface area contributed by atoms with Crippen LogP contribution in [0.25, 0.3) is 0 Å². The van der Waals surface area contributed by atoms with Crippen molar-refractivity contribution < 1.29 is 24.2 Å². The van der Waals surface area contributed by atoms with Gasteiger partial charge in [0.15, 0.2) is 0 Å². The number of aryl methyl sites for hydroxylation is 1. The van der Waals surface area contributed by atoms with Crippen molar-refractivity contribution in [2.75, 3.05) is 18.8 Å². The molecule has 0 bridgehead atoms. The molecule has 35 heavy (non-hydrogen) atoms. The highest BCUT2D eigenvalue weighted by atomic mass is 32.2. The largest absolute Gasteiger partial charge is 0.490 e. The Morgan fingerprint density at radius 1 is 0.943 bits per heavy atom. The second-order valence-corrected chi connectivity index (χ2v) is 9.41. The number of rotatable bonds is 9. The molecule has 0 spiro atoms. The van der Waals surface area contributed by atoms with E-state index in [9.17, 15) is 9.59 Å². The summed E-state index contributed by atoms with van der Waals surface area (Å²) in [5, 5.41) is 9.88. The predicted molar refractivity (Wildman–Crippen MR) is 134 cm³/mol. The van der Waals surface area contributed by atoms with Crippen LogP contribution in [0.1, 0.15) is 24.0 Å². The van der Waals surface area contributed by atoms with E-state index < -0.39 is 5.97 Å². The van der Waals surface area contributed by atoms with Crippen molar-refractivity contribution in [3.05, 3.63) is 84.1 Å². The number of aromatic nitrogens is 1. The molecule has 1 aromatic heterocycles. The number of carbonyl (C=O) groups is 2. The highest BCUT2D eigenvalue weighted by Crippen LogP contribution is 2.22. The van der Waals surface area contributed by atoms with Gasteiger partial charge in [0.05, 0.1) is 11.4 Å². The van der Waals surface area contributed by atoms with E-state index in [2.05, 4.69) is 4.98 Å². The van der Waals surface area contributed by atoms with Crippen LogP contribution < -0.4 is 9.47 Å². The average molecular weight is 493 g/mol.